The van der Waals surface area contributed by atoms with Crippen molar-refractivity contribution in [1.29, 1.82) is 0 Å². The summed E-state index contributed by atoms with van der Waals surface area (Å²) in [6.45, 7) is 7.67. The van der Waals surface area contributed by atoms with E-state index in [-0.39, 0.29) is 11.5 Å². The van der Waals surface area contributed by atoms with Crippen molar-refractivity contribution in [3.05, 3.63) is 28.7 Å². The molecule has 106 valence electrons. The number of pyridine rings is 1. The predicted molar refractivity (Wildman–Crippen MR) is 78.8 cm³/mol. The third-order valence-corrected chi connectivity index (χ3v) is 4.40. The number of carbonyl (C=O) groups is 1. The number of aryl methyl sites for hydroxylation is 2. The van der Waals surface area contributed by atoms with E-state index in [1.54, 1.807) is 13.0 Å². The third-order valence-electron chi connectivity index (χ3n) is 2.65. The van der Waals surface area contributed by atoms with Gasteiger partial charge in [-0.05, 0) is 48.8 Å². The van der Waals surface area contributed by atoms with Crippen molar-refractivity contribution in [3.8, 4) is 0 Å². The molecule has 0 unspecified atom stereocenters. The number of aromatic carboxylic acids is 1. The summed E-state index contributed by atoms with van der Waals surface area (Å²) in [6.07, 6.45) is 0. The van der Waals surface area contributed by atoms with Crippen LogP contribution in [0.4, 0.5) is 0 Å². The van der Waals surface area contributed by atoms with Gasteiger partial charge in [-0.3, -0.25) is 0 Å². The lowest BCUT2D eigenvalue weighted by molar-refractivity contribution is 0.0691. The van der Waals surface area contributed by atoms with Crippen LogP contribution < -0.4 is 0 Å². The summed E-state index contributed by atoms with van der Waals surface area (Å²) in [6, 6.07) is 1.77. The molecule has 20 heavy (non-hydrogen) atoms. The maximum absolute atomic E-state index is 11.4. The van der Waals surface area contributed by atoms with Crippen LogP contribution in [0.1, 0.15) is 47.2 Å². The summed E-state index contributed by atoms with van der Waals surface area (Å²) in [7, 11) is 0. The molecule has 0 spiro atoms. The van der Waals surface area contributed by atoms with E-state index >= 15 is 0 Å². The second kappa shape index (κ2) is 5.88. The molecule has 0 saturated carbocycles. The fourth-order valence-electron chi connectivity index (χ4n) is 1.72. The minimum atomic E-state index is -0.967. The van der Waals surface area contributed by atoms with E-state index in [1.165, 1.54) is 23.3 Å². The zero-order valence-electron chi connectivity index (χ0n) is 11.7. The fraction of sp³-hybridized carbons (Fsp3) is 0.385. The Balaban J connectivity index is 2.39. The van der Waals surface area contributed by atoms with Gasteiger partial charge in [-0.25, -0.2) is 14.8 Å². The molecule has 0 saturated heterocycles. The Labute approximate surface area is 125 Å². The first kappa shape index (κ1) is 14.9. The van der Waals surface area contributed by atoms with Crippen LogP contribution in [-0.4, -0.2) is 25.4 Å². The topological polar surface area (TPSA) is 76.0 Å². The highest BCUT2D eigenvalue weighted by molar-refractivity contribution is 8.01. The molecular weight excluding hydrogens is 294 g/mol. The minimum absolute atomic E-state index is 0.238. The Morgan fingerprint density at radius 2 is 2.05 bits per heavy atom. The molecule has 1 N–H and O–H groups in total. The quantitative estimate of drug-likeness (QED) is 0.931. The standard InChI is InChI=1S/C13H15N3O2S2/c1-6(2)10-15-13(20-16-10)19-11-9(12(17)18)7(3)5-8(4)14-11/h5-6H,1-4H3,(H,17,18). The summed E-state index contributed by atoms with van der Waals surface area (Å²) < 4.78 is 4.98. The molecule has 2 aromatic heterocycles. The number of aromatic nitrogens is 3. The lowest BCUT2D eigenvalue weighted by Crippen LogP contribution is -2.05. The van der Waals surface area contributed by atoms with Crippen LogP contribution in [0.5, 0.6) is 0 Å². The molecule has 0 amide bonds. The molecular formula is C13H15N3O2S2. The largest absolute Gasteiger partial charge is 0.478 e. The highest BCUT2D eigenvalue weighted by atomic mass is 32.2. The Morgan fingerprint density at radius 1 is 1.35 bits per heavy atom. The molecule has 7 heteroatoms. The maximum Gasteiger partial charge on any atom is 0.338 e. The molecule has 2 rings (SSSR count). The lowest BCUT2D eigenvalue weighted by Gasteiger charge is -2.07. The van der Waals surface area contributed by atoms with Gasteiger partial charge in [-0.1, -0.05) is 13.8 Å². The van der Waals surface area contributed by atoms with Crippen LogP contribution in [-0.2, 0) is 0 Å². The first-order valence-corrected chi connectivity index (χ1v) is 7.70. The van der Waals surface area contributed by atoms with Gasteiger partial charge >= 0.3 is 5.97 Å². The monoisotopic (exact) mass is 309 g/mol. The van der Waals surface area contributed by atoms with E-state index in [9.17, 15) is 9.90 Å². The van der Waals surface area contributed by atoms with Gasteiger partial charge in [0.2, 0.25) is 0 Å². The second-order valence-corrected chi connectivity index (χ2v) is 6.73. The SMILES string of the molecule is Cc1cc(C)c(C(=O)O)c(Sc2nc(C(C)C)ns2)n1. The van der Waals surface area contributed by atoms with Crippen LogP contribution in [0.15, 0.2) is 15.4 Å². The molecule has 0 radical (unpaired) electrons. The number of hydrogen-bond acceptors (Lipinski definition) is 6. The highest BCUT2D eigenvalue weighted by Crippen LogP contribution is 2.32. The first-order valence-electron chi connectivity index (χ1n) is 6.11. The number of rotatable bonds is 4. The molecule has 5 nitrogen and oxygen atoms in total. The van der Waals surface area contributed by atoms with E-state index in [2.05, 4.69) is 14.3 Å². The van der Waals surface area contributed by atoms with Gasteiger partial charge in [-0.2, -0.15) is 4.37 Å². The van der Waals surface area contributed by atoms with Gasteiger partial charge in [0.15, 0.2) is 4.34 Å². The Kier molecular flexibility index (Phi) is 4.39. The zero-order chi connectivity index (χ0) is 14.9. The summed E-state index contributed by atoms with van der Waals surface area (Å²) in [4.78, 5) is 20.1. The zero-order valence-corrected chi connectivity index (χ0v) is 13.3. The number of carboxylic acid groups (broad SMARTS) is 1. The van der Waals surface area contributed by atoms with Crippen LogP contribution in [0.3, 0.4) is 0 Å². The maximum atomic E-state index is 11.4. The van der Waals surface area contributed by atoms with E-state index in [1.807, 2.05) is 20.8 Å². The molecule has 0 atom stereocenters. The van der Waals surface area contributed by atoms with Crippen LogP contribution in [0.25, 0.3) is 0 Å². The van der Waals surface area contributed by atoms with Gasteiger partial charge in [0, 0.05) is 11.6 Å². The first-order chi connectivity index (χ1) is 9.38. The predicted octanol–water partition coefficient (Wildman–Crippen LogP) is 3.52. The minimum Gasteiger partial charge on any atom is -0.478 e. The molecule has 2 aromatic rings. The van der Waals surface area contributed by atoms with E-state index in [4.69, 9.17) is 0 Å². The molecule has 0 aliphatic heterocycles. The highest BCUT2D eigenvalue weighted by Gasteiger charge is 2.18. The number of hydrogen-bond donors (Lipinski definition) is 1. The normalized spacial score (nSPS) is 11.1. The number of carboxylic acids is 1. The summed E-state index contributed by atoms with van der Waals surface area (Å²) in [5, 5.41) is 9.80. The second-order valence-electron chi connectivity index (χ2n) is 4.74. The molecule has 2 heterocycles. The van der Waals surface area contributed by atoms with Crippen molar-refractivity contribution in [2.24, 2.45) is 0 Å². The fourth-order valence-corrected chi connectivity index (χ4v) is 3.62. The van der Waals surface area contributed by atoms with Crippen molar-refractivity contribution in [2.45, 2.75) is 43.0 Å². The van der Waals surface area contributed by atoms with Gasteiger partial charge in [-0.15, -0.1) is 0 Å². The molecule has 0 aromatic carbocycles. The van der Waals surface area contributed by atoms with Gasteiger partial charge in [0.1, 0.15) is 10.9 Å². The van der Waals surface area contributed by atoms with Gasteiger partial charge in [0.05, 0.1) is 5.56 Å². The molecule has 0 bridgehead atoms. The van der Waals surface area contributed by atoms with Crippen molar-refractivity contribution < 1.29 is 9.90 Å². The summed E-state index contributed by atoms with van der Waals surface area (Å²) in [5.41, 5.74) is 1.74. The molecule has 0 fully saturated rings. The van der Waals surface area contributed by atoms with Crippen LogP contribution >= 0.6 is 23.3 Å². The van der Waals surface area contributed by atoms with Crippen LogP contribution in [0.2, 0.25) is 0 Å². The Morgan fingerprint density at radius 3 is 2.60 bits per heavy atom. The van der Waals surface area contributed by atoms with Crippen LogP contribution in [0, 0.1) is 13.8 Å². The van der Waals surface area contributed by atoms with Crippen molar-refractivity contribution in [1.82, 2.24) is 14.3 Å². The number of nitrogens with zero attached hydrogens (tertiary/aromatic N) is 3. The molecule has 0 aliphatic carbocycles. The van der Waals surface area contributed by atoms with Crippen molar-refractivity contribution in [2.75, 3.05) is 0 Å². The average molecular weight is 309 g/mol. The van der Waals surface area contributed by atoms with Crippen molar-refractivity contribution >= 4 is 29.3 Å². The van der Waals surface area contributed by atoms with E-state index in [0.29, 0.717) is 14.9 Å². The Bertz CT molecular complexity index is 653. The van der Waals surface area contributed by atoms with Gasteiger partial charge < -0.3 is 5.11 Å². The molecule has 0 aliphatic rings. The lowest BCUT2D eigenvalue weighted by atomic mass is 10.1. The third kappa shape index (κ3) is 3.16. The van der Waals surface area contributed by atoms with E-state index in [0.717, 1.165) is 11.5 Å². The Hall–Kier alpha value is -1.47. The summed E-state index contributed by atoms with van der Waals surface area (Å²) >= 11 is 2.54. The van der Waals surface area contributed by atoms with E-state index < -0.39 is 5.97 Å². The smallest absolute Gasteiger partial charge is 0.338 e. The van der Waals surface area contributed by atoms with Crippen molar-refractivity contribution in [3.63, 3.8) is 0 Å². The average Bonchev–Trinajstić information content (AvgIpc) is 2.75. The van der Waals surface area contributed by atoms with Gasteiger partial charge in [0.25, 0.3) is 0 Å². The summed E-state index contributed by atoms with van der Waals surface area (Å²) in [5.74, 6) is 0.0663.